The molecule has 0 aromatic heterocycles. The summed E-state index contributed by atoms with van der Waals surface area (Å²) in [6.45, 7) is 29.8. The van der Waals surface area contributed by atoms with Gasteiger partial charge in [-0.25, -0.2) is 22.8 Å². The molecule has 0 aromatic carbocycles. The van der Waals surface area contributed by atoms with E-state index in [9.17, 15) is 4.79 Å². The predicted octanol–water partition coefficient (Wildman–Crippen LogP) is 6.15. The summed E-state index contributed by atoms with van der Waals surface area (Å²) in [4.78, 5) is 21.5. The van der Waals surface area contributed by atoms with Crippen LogP contribution in [-0.4, -0.2) is 30.4 Å². The van der Waals surface area contributed by atoms with Crippen molar-refractivity contribution in [1.82, 2.24) is 0 Å². The number of nitrogens with zero attached hydrogens (tertiary/aromatic N) is 2. The third-order valence-electron chi connectivity index (χ3n) is 10.5. The van der Waals surface area contributed by atoms with E-state index in [1.54, 1.807) is 12.2 Å². The zero-order valence-corrected chi connectivity index (χ0v) is 20.6. The van der Waals surface area contributed by atoms with Gasteiger partial charge in [-0.05, 0) is 56.3 Å². The van der Waals surface area contributed by atoms with Gasteiger partial charge in [0.2, 0.25) is 0 Å². The first kappa shape index (κ1) is 23.5. The van der Waals surface area contributed by atoms with Crippen molar-refractivity contribution < 1.29 is 14.3 Å². The molecule has 3 saturated carbocycles. The van der Waals surface area contributed by atoms with Crippen LogP contribution in [0.15, 0.2) is 37.0 Å². The van der Waals surface area contributed by atoms with Crippen LogP contribution in [0.4, 0.5) is 0 Å². The summed E-state index contributed by atoms with van der Waals surface area (Å²) in [6.07, 6.45) is 12.0. The molecule has 4 aliphatic carbocycles. The zero-order chi connectivity index (χ0) is 24.4. The molecule has 1 aliphatic heterocycles. The molecule has 0 amide bonds. The Labute approximate surface area is 203 Å². The average Bonchev–Trinajstić information content (AvgIpc) is 3.42. The van der Waals surface area contributed by atoms with Crippen LogP contribution in [0.5, 0.6) is 0 Å². The van der Waals surface area contributed by atoms with Gasteiger partial charge < -0.3 is 9.47 Å². The lowest BCUT2D eigenvalue weighted by atomic mass is 9.42. The van der Waals surface area contributed by atoms with E-state index >= 15 is 0 Å². The van der Waals surface area contributed by atoms with Crippen molar-refractivity contribution in [2.45, 2.75) is 76.7 Å². The highest BCUT2D eigenvalue weighted by Gasteiger charge is 2.75. The molecule has 0 N–H and O–H groups in total. The highest BCUT2D eigenvalue weighted by Crippen LogP contribution is 2.71. The summed E-state index contributed by atoms with van der Waals surface area (Å²) in [6, 6.07) is 0. The second-order valence-corrected chi connectivity index (χ2v) is 11.7. The number of ketones is 1. The molecule has 5 nitrogen and oxygen atoms in total. The molecule has 5 atom stereocenters. The minimum atomic E-state index is -1.67. The topological polar surface area (TPSA) is 44.2 Å². The van der Waals surface area contributed by atoms with Crippen molar-refractivity contribution in [2.75, 3.05) is 13.2 Å². The van der Waals surface area contributed by atoms with Gasteiger partial charge >= 0.3 is 11.4 Å². The Balaban J connectivity index is 1.64. The molecule has 0 aromatic rings. The second kappa shape index (κ2) is 7.64. The van der Waals surface area contributed by atoms with Crippen LogP contribution < -0.4 is 0 Å². The van der Waals surface area contributed by atoms with Crippen LogP contribution in [0, 0.1) is 47.1 Å². The van der Waals surface area contributed by atoms with E-state index < -0.39 is 16.9 Å². The predicted molar refractivity (Wildman–Crippen MR) is 130 cm³/mol. The minimum Gasteiger partial charge on any atom is -0.347 e. The van der Waals surface area contributed by atoms with Gasteiger partial charge in [0, 0.05) is 17.3 Å². The lowest BCUT2D eigenvalue weighted by Gasteiger charge is -2.60. The molecular formula is C29H36N2O3. The molecule has 5 aliphatic rings. The minimum absolute atomic E-state index is 0.0210. The second-order valence-electron chi connectivity index (χ2n) is 11.7. The molecule has 0 unspecified atom stereocenters. The lowest BCUT2D eigenvalue weighted by molar-refractivity contribution is -0.242. The first-order valence-corrected chi connectivity index (χ1v) is 12.8. The number of allylic oxidation sites excluding steroid dienone is 4. The lowest BCUT2D eigenvalue weighted by Crippen LogP contribution is -2.62. The van der Waals surface area contributed by atoms with Gasteiger partial charge in [0.15, 0.2) is 5.79 Å². The maximum atomic E-state index is 14.0. The molecular weight excluding hydrogens is 424 g/mol. The Morgan fingerprint density at radius 2 is 1.68 bits per heavy atom. The van der Waals surface area contributed by atoms with Gasteiger partial charge in [0.05, 0.1) is 18.6 Å². The van der Waals surface area contributed by atoms with E-state index in [1.807, 2.05) is 0 Å². The first-order chi connectivity index (χ1) is 16.2. The number of fused-ring (bicyclic) bond motifs is 6. The van der Waals surface area contributed by atoms with Crippen LogP contribution in [0.25, 0.3) is 9.69 Å². The van der Waals surface area contributed by atoms with Crippen LogP contribution in [0.2, 0.25) is 0 Å². The van der Waals surface area contributed by atoms with E-state index in [0.717, 1.165) is 37.7 Å². The van der Waals surface area contributed by atoms with Crippen LogP contribution in [0.1, 0.15) is 65.2 Å². The Bertz CT molecular complexity index is 1010. The van der Waals surface area contributed by atoms with Crippen LogP contribution in [-0.2, 0) is 14.3 Å². The summed E-state index contributed by atoms with van der Waals surface area (Å²) in [7, 11) is 0. The molecule has 180 valence electrons. The number of hydrogen-bond acceptors (Lipinski definition) is 3. The number of carbonyl (C=O) groups excluding carboxylic acids is 1. The van der Waals surface area contributed by atoms with Crippen molar-refractivity contribution in [1.29, 1.82) is 0 Å². The van der Waals surface area contributed by atoms with Gasteiger partial charge in [-0.15, -0.1) is 13.2 Å². The Morgan fingerprint density at radius 3 is 2.26 bits per heavy atom. The summed E-state index contributed by atoms with van der Waals surface area (Å²) in [5, 5.41) is 0. The largest absolute Gasteiger partial charge is 0.544 e. The van der Waals surface area contributed by atoms with E-state index in [2.05, 4.69) is 42.8 Å². The number of rotatable bonds is 4. The molecule has 5 heteroatoms. The summed E-state index contributed by atoms with van der Waals surface area (Å²) >= 11 is 0. The van der Waals surface area contributed by atoms with Gasteiger partial charge in [0.1, 0.15) is 6.42 Å². The summed E-state index contributed by atoms with van der Waals surface area (Å²) < 4.78 is 12.6. The molecule has 0 bridgehead atoms. The van der Waals surface area contributed by atoms with E-state index in [-0.39, 0.29) is 23.0 Å². The van der Waals surface area contributed by atoms with Crippen LogP contribution >= 0.6 is 0 Å². The van der Waals surface area contributed by atoms with Gasteiger partial charge in [0.25, 0.3) is 0 Å². The molecule has 1 saturated heterocycles. The molecule has 0 radical (unpaired) electrons. The fraction of sp³-hybridized carbons (Fsp3) is 0.690. The molecule has 1 heterocycles. The fourth-order valence-electron chi connectivity index (χ4n) is 9.23. The van der Waals surface area contributed by atoms with Crippen molar-refractivity contribution in [3.8, 4) is 0 Å². The van der Waals surface area contributed by atoms with Crippen molar-refractivity contribution in [3.63, 3.8) is 0 Å². The molecule has 5 rings (SSSR count). The number of carbonyl (C=O) groups is 1. The fourth-order valence-corrected chi connectivity index (χ4v) is 9.23. The monoisotopic (exact) mass is 460 g/mol. The van der Waals surface area contributed by atoms with Crippen molar-refractivity contribution in [2.24, 2.45) is 34.0 Å². The summed E-state index contributed by atoms with van der Waals surface area (Å²) in [5.74, 6) is 0.530. The Hall–Kier alpha value is -2.21. The van der Waals surface area contributed by atoms with Gasteiger partial charge in [-0.2, -0.15) is 0 Å². The van der Waals surface area contributed by atoms with Gasteiger partial charge in [-0.3, -0.25) is 4.79 Å². The maximum Gasteiger partial charge on any atom is 0.544 e. The molecule has 4 fully saturated rings. The quantitative estimate of drug-likeness (QED) is 0.373. The standard InChI is InChI=1S/C29H36N2O3/c1-7-13-27(14-8-2)23-10-9-20-21(25(23,3)19-28(30-5,31-6)24(27)32)11-15-26(4)22(20)12-16-29(26)33-17-18-34-29/h7-8,10,20-22H,1-2,9,11-19H2,3-4H3/t20-,21+,22+,25-,26+/m1/s1. The normalized spacial score (nSPS) is 40.8. The van der Waals surface area contributed by atoms with E-state index in [1.165, 1.54) is 0 Å². The Kier molecular flexibility index (Phi) is 5.29. The average molecular weight is 461 g/mol. The molecule has 34 heavy (non-hydrogen) atoms. The third kappa shape index (κ3) is 2.64. The van der Waals surface area contributed by atoms with E-state index in [0.29, 0.717) is 43.8 Å². The highest BCUT2D eigenvalue weighted by molar-refractivity contribution is 6.01. The number of hydrogen-bond donors (Lipinski definition) is 0. The number of ether oxygens (including phenoxy) is 2. The van der Waals surface area contributed by atoms with Gasteiger partial charge in [-0.1, -0.05) is 37.6 Å². The highest BCUT2D eigenvalue weighted by atomic mass is 16.7. The smallest absolute Gasteiger partial charge is 0.347 e. The van der Waals surface area contributed by atoms with E-state index in [4.69, 9.17) is 22.6 Å². The third-order valence-corrected chi connectivity index (χ3v) is 10.5. The van der Waals surface area contributed by atoms with Crippen molar-refractivity contribution in [3.05, 3.63) is 59.8 Å². The van der Waals surface area contributed by atoms with Crippen molar-refractivity contribution >= 4 is 5.78 Å². The SMILES string of the molecule is [C-]#[N+]C1([N+]#[C-])C[C@@]2(C)C(=CC[C@@H]3[C@@H]2CC[C@@]2(C)[C@H]3CCC23OCCO3)C(CC=C)(CC=C)C1=O. The summed E-state index contributed by atoms with van der Waals surface area (Å²) in [5.41, 5.74) is -1.83. The zero-order valence-electron chi connectivity index (χ0n) is 20.6. The maximum absolute atomic E-state index is 14.0. The Morgan fingerprint density at radius 1 is 1.06 bits per heavy atom. The number of Topliss-reactive ketones (excluding diaryl/α,β-unsaturated/α-hetero) is 1. The molecule has 1 spiro atoms. The van der Waals surface area contributed by atoms with Crippen LogP contribution in [0.3, 0.4) is 0 Å². The first-order valence-electron chi connectivity index (χ1n) is 12.8.